The van der Waals surface area contributed by atoms with Crippen molar-refractivity contribution >= 4 is 18.1 Å². The lowest BCUT2D eigenvalue weighted by atomic mass is 10.1. The molecular weight excluding hydrogens is 397 g/mol. The van der Waals surface area contributed by atoms with E-state index in [1.807, 2.05) is 0 Å². The number of carbonyl (C=O) groups excluding carboxylic acids is 1. The van der Waals surface area contributed by atoms with Crippen molar-refractivity contribution in [3.05, 3.63) is 64.4 Å². The van der Waals surface area contributed by atoms with Gasteiger partial charge in [-0.05, 0) is 54.2 Å². The summed E-state index contributed by atoms with van der Waals surface area (Å²) >= 11 is 5.26. The molecule has 0 atom stereocenters. The summed E-state index contributed by atoms with van der Waals surface area (Å²) in [6.45, 7) is 0.219. The van der Waals surface area contributed by atoms with Crippen LogP contribution in [0.5, 0.6) is 17.2 Å². The maximum atomic E-state index is 13.2. The molecular formula is C20H20FN3O4S. The van der Waals surface area contributed by atoms with E-state index in [9.17, 15) is 9.18 Å². The van der Waals surface area contributed by atoms with Crippen LogP contribution in [0.2, 0.25) is 0 Å². The number of ether oxygens (including phenoxy) is 3. The molecule has 0 aliphatic rings. The van der Waals surface area contributed by atoms with E-state index in [2.05, 4.69) is 10.3 Å². The van der Waals surface area contributed by atoms with Crippen molar-refractivity contribution in [1.82, 2.24) is 14.9 Å². The minimum Gasteiger partial charge on any atom is -0.493 e. The van der Waals surface area contributed by atoms with Crippen molar-refractivity contribution in [3.63, 3.8) is 0 Å². The van der Waals surface area contributed by atoms with Gasteiger partial charge in [0.05, 0.1) is 21.3 Å². The van der Waals surface area contributed by atoms with Gasteiger partial charge in [0.25, 0.3) is 5.91 Å². The Balaban J connectivity index is 1.84. The zero-order chi connectivity index (χ0) is 21.0. The molecule has 3 rings (SSSR count). The highest BCUT2D eigenvalue weighted by atomic mass is 32.1. The van der Waals surface area contributed by atoms with Crippen LogP contribution in [-0.2, 0) is 6.54 Å². The number of hydrogen-bond donors (Lipinski definition) is 2. The SMILES string of the molecule is COc1cc(CNC(=O)c2c[nH]c(=S)n2-c2ccc(F)cc2)cc(OC)c1OC. The molecule has 2 N–H and O–H groups in total. The number of carbonyl (C=O) groups is 1. The summed E-state index contributed by atoms with van der Waals surface area (Å²) < 4.78 is 31.1. The number of aromatic amines is 1. The molecule has 9 heteroatoms. The molecule has 1 amide bonds. The van der Waals surface area contributed by atoms with Gasteiger partial charge in [-0.15, -0.1) is 0 Å². The second-order valence-corrected chi connectivity index (χ2v) is 6.39. The summed E-state index contributed by atoms with van der Waals surface area (Å²) in [5, 5.41) is 2.84. The molecule has 2 aromatic carbocycles. The number of hydrogen-bond acceptors (Lipinski definition) is 5. The number of halogens is 1. The molecule has 0 bridgehead atoms. The third-order valence-electron chi connectivity index (χ3n) is 4.27. The van der Waals surface area contributed by atoms with E-state index in [4.69, 9.17) is 26.4 Å². The standard InChI is InChI=1S/C20H20FN3O4S/c1-26-16-8-12(9-17(27-2)18(16)28-3)10-22-19(25)15-11-23-20(29)24(15)14-6-4-13(21)5-7-14/h4-9,11H,10H2,1-3H3,(H,22,25)(H,23,29). The number of benzene rings is 2. The minimum atomic E-state index is -0.371. The number of imidazole rings is 1. The van der Waals surface area contributed by atoms with Gasteiger partial charge in [-0.2, -0.15) is 0 Å². The minimum absolute atomic E-state index is 0.219. The number of amides is 1. The van der Waals surface area contributed by atoms with Crippen molar-refractivity contribution in [1.29, 1.82) is 0 Å². The molecule has 0 aliphatic carbocycles. The Morgan fingerprint density at radius 3 is 2.28 bits per heavy atom. The van der Waals surface area contributed by atoms with Gasteiger partial charge in [0.1, 0.15) is 11.5 Å². The Bertz CT molecular complexity index is 1050. The van der Waals surface area contributed by atoms with E-state index in [-0.39, 0.29) is 18.3 Å². The lowest BCUT2D eigenvalue weighted by Gasteiger charge is -2.14. The van der Waals surface area contributed by atoms with Crippen LogP contribution in [0.25, 0.3) is 5.69 Å². The summed E-state index contributed by atoms with van der Waals surface area (Å²) in [4.78, 5) is 15.6. The van der Waals surface area contributed by atoms with Crippen molar-refractivity contribution in [2.24, 2.45) is 0 Å². The maximum absolute atomic E-state index is 13.2. The Kier molecular flexibility index (Phi) is 6.18. The van der Waals surface area contributed by atoms with Gasteiger partial charge < -0.3 is 24.5 Å². The molecule has 0 saturated carbocycles. The smallest absolute Gasteiger partial charge is 0.270 e. The number of methoxy groups -OCH3 is 3. The highest BCUT2D eigenvalue weighted by Gasteiger charge is 2.16. The van der Waals surface area contributed by atoms with E-state index >= 15 is 0 Å². The first-order chi connectivity index (χ1) is 14.0. The fourth-order valence-corrected chi connectivity index (χ4v) is 3.16. The average Bonchev–Trinajstić information content (AvgIpc) is 3.13. The van der Waals surface area contributed by atoms with Crippen molar-refractivity contribution in [2.75, 3.05) is 21.3 Å². The first kappa shape index (κ1) is 20.4. The topological polar surface area (TPSA) is 77.5 Å². The van der Waals surface area contributed by atoms with E-state index in [1.54, 1.807) is 28.8 Å². The number of rotatable bonds is 7. The second-order valence-electron chi connectivity index (χ2n) is 6.01. The van der Waals surface area contributed by atoms with Crippen LogP contribution in [0, 0.1) is 10.6 Å². The number of H-pyrrole nitrogens is 1. The van der Waals surface area contributed by atoms with Gasteiger partial charge >= 0.3 is 0 Å². The van der Waals surface area contributed by atoms with E-state index in [1.165, 1.54) is 39.7 Å². The Morgan fingerprint density at radius 1 is 1.10 bits per heavy atom. The third kappa shape index (κ3) is 4.24. The van der Waals surface area contributed by atoms with Gasteiger partial charge in [0, 0.05) is 18.4 Å². The molecule has 0 radical (unpaired) electrons. The molecule has 0 unspecified atom stereocenters. The molecule has 0 aliphatic heterocycles. The molecule has 29 heavy (non-hydrogen) atoms. The quantitative estimate of drug-likeness (QED) is 0.574. The van der Waals surface area contributed by atoms with Crippen LogP contribution in [0.15, 0.2) is 42.6 Å². The van der Waals surface area contributed by atoms with Crippen LogP contribution in [0.4, 0.5) is 4.39 Å². The predicted molar refractivity (Wildman–Crippen MR) is 108 cm³/mol. The summed E-state index contributed by atoms with van der Waals surface area (Å²) in [6.07, 6.45) is 1.51. The number of nitrogens with one attached hydrogen (secondary N) is 2. The largest absolute Gasteiger partial charge is 0.493 e. The first-order valence-corrected chi connectivity index (χ1v) is 9.02. The van der Waals surface area contributed by atoms with Gasteiger partial charge in [0.2, 0.25) is 5.75 Å². The van der Waals surface area contributed by atoms with Crippen LogP contribution in [0.1, 0.15) is 16.1 Å². The lowest BCUT2D eigenvalue weighted by Crippen LogP contribution is -2.25. The van der Waals surface area contributed by atoms with Gasteiger partial charge in [-0.1, -0.05) is 0 Å². The van der Waals surface area contributed by atoms with Crippen molar-refractivity contribution < 1.29 is 23.4 Å². The maximum Gasteiger partial charge on any atom is 0.270 e. The van der Waals surface area contributed by atoms with Crippen molar-refractivity contribution in [2.45, 2.75) is 6.54 Å². The Hall–Kier alpha value is -3.33. The summed E-state index contributed by atoms with van der Waals surface area (Å²) in [5.74, 6) is 0.735. The van der Waals surface area contributed by atoms with Gasteiger partial charge in [0.15, 0.2) is 16.3 Å². The highest BCUT2D eigenvalue weighted by molar-refractivity contribution is 7.71. The fraction of sp³-hybridized carbons (Fsp3) is 0.200. The molecule has 1 heterocycles. The van der Waals surface area contributed by atoms with Gasteiger partial charge in [-0.25, -0.2) is 4.39 Å². The second kappa shape index (κ2) is 8.78. The van der Waals surface area contributed by atoms with Crippen molar-refractivity contribution in [3.8, 4) is 22.9 Å². The summed E-state index contributed by atoms with van der Waals surface area (Å²) in [7, 11) is 4.57. The van der Waals surface area contributed by atoms with Crippen LogP contribution in [-0.4, -0.2) is 36.8 Å². The van der Waals surface area contributed by atoms with Crippen LogP contribution >= 0.6 is 12.2 Å². The number of aromatic nitrogens is 2. The molecule has 1 aromatic heterocycles. The highest BCUT2D eigenvalue weighted by Crippen LogP contribution is 2.38. The molecule has 0 spiro atoms. The Morgan fingerprint density at radius 2 is 1.72 bits per heavy atom. The fourth-order valence-electron chi connectivity index (χ4n) is 2.89. The van der Waals surface area contributed by atoms with Crippen LogP contribution < -0.4 is 19.5 Å². The zero-order valence-corrected chi connectivity index (χ0v) is 16.9. The molecule has 152 valence electrons. The third-order valence-corrected chi connectivity index (χ3v) is 4.57. The summed E-state index contributed by atoms with van der Waals surface area (Å²) in [6, 6.07) is 9.23. The summed E-state index contributed by atoms with van der Waals surface area (Å²) in [5.41, 5.74) is 1.64. The normalized spacial score (nSPS) is 10.5. The monoisotopic (exact) mass is 417 g/mol. The van der Waals surface area contributed by atoms with E-state index in [0.29, 0.717) is 33.4 Å². The Labute approximate surface area is 172 Å². The van der Waals surface area contributed by atoms with Crippen LogP contribution in [0.3, 0.4) is 0 Å². The molecule has 3 aromatic rings. The first-order valence-electron chi connectivity index (χ1n) is 8.62. The molecule has 7 nitrogen and oxygen atoms in total. The number of nitrogens with zero attached hydrogens (tertiary/aromatic N) is 1. The van der Waals surface area contributed by atoms with Gasteiger partial charge in [-0.3, -0.25) is 9.36 Å². The lowest BCUT2D eigenvalue weighted by molar-refractivity contribution is 0.0944. The van der Waals surface area contributed by atoms with E-state index in [0.717, 1.165) is 5.56 Å². The predicted octanol–water partition coefficient (Wildman–Crippen LogP) is 3.63. The molecule has 0 fully saturated rings. The van der Waals surface area contributed by atoms with E-state index < -0.39 is 0 Å². The average molecular weight is 417 g/mol. The zero-order valence-electron chi connectivity index (χ0n) is 16.1. The molecule has 0 saturated heterocycles.